The van der Waals surface area contributed by atoms with E-state index < -0.39 is 4.92 Å². The minimum absolute atomic E-state index is 0.00744. The van der Waals surface area contributed by atoms with Crippen LogP contribution in [0.2, 0.25) is 0 Å². The summed E-state index contributed by atoms with van der Waals surface area (Å²) in [7, 11) is 1.54. The SMILES string of the molecule is COc1ccc(Cn2cncn2)nc1-c1cccc([N+](=O)[O-])c1. The van der Waals surface area contributed by atoms with E-state index in [1.54, 1.807) is 29.2 Å². The zero-order valence-corrected chi connectivity index (χ0v) is 12.3. The van der Waals surface area contributed by atoms with Gasteiger partial charge >= 0.3 is 0 Å². The van der Waals surface area contributed by atoms with E-state index in [-0.39, 0.29) is 5.69 Å². The molecule has 0 aliphatic rings. The van der Waals surface area contributed by atoms with Gasteiger partial charge in [-0.2, -0.15) is 5.10 Å². The third-order valence-corrected chi connectivity index (χ3v) is 3.26. The fraction of sp³-hybridized carbons (Fsp3) is 0.133. The summed E-state index contributed by atoms with van der Waals surface area (Å²) >= 11 is 0. The van der Waals surface area contributed by atoms with Gasteiger partial charge in [0, 0.05) is 17.7 Å². The Kier molecular flexibility index (Phi) is 3.96. The Morgan fingerprint density at radius 2 is 2.17 bits per heavy atom. The Labute approximate surface area is 131 Å². The highest BCUT2D eigenvalue weighted by molar-refractivity contribution is 5.68. The Morgan fingerprint density at radius 3 is 2.87 bits per heavy atom. The zero-order chi connectivity index (χ0) is 16.2. The molecule has 0 saturated carbocycles. The second-order valence-corrected chi connectivity index (χ2v) is 4.75. The lowest BCUT2D eigenvalue weighted by Gasteiger charge is -2.10. The molecule has 0 N–H and O–H groups in total. The highest BCUT2D eigenvalue weighted by Crippen LogP contribution is 2.30. The number of ether oxygens (including phenoxy) is 1. The van der Waals surface area contributed by atoms with Gasteiger partial charge < -0.3 is 4.74 Å². The van der Waals surface area contributed by atoms with Gasteiger partial charge in [0.2, 0.25) is 0 Å². The molecule has 8 nitrogen and oxygen atoms in total. The Hall–Kier alpha value is -3.29. The van der Waals surface area contributed by atoms with Crippen molar-refractivity contribution in [3.8, 4) is 17.0 Å². The van der Waals surface area contributed by atoms with Gasteiger partial charge in [-0.15, -0.1) is 0 Å². The van der Waals surface area contributed by atoms with Crippen molar-refractivity contribution in [1.82, 2.24) is 19.7 Å². The third-order valence-electron chi connectivity index (χ3n) is 3.26. The molecule has 0 radical (unpaired) electrons. The van der Waals surface area contributed by atoms with Crippen molar-refractivity contribution in [3.63, 3.8) is 0 Å². The van der Waals surface area contributed by atoms with Gasteiger partial charge in [-0.25, -0.2) is 14.6 Å². The fourth-order valence-corrected chi connectivity index (χ4v) is 2.19. The van der Waals surface area contributed by atoms with Crippen molar-refractivity contribution in [2.75, 3.05) is 7.11 Å². The largest absolute Gasteiger partial charge is 0.494 e. The van der Waals surface area contributed by atoms with Crippen molar-refractivity contribution in [1.29, 1.82) is 0 Å². The molecule has 23 heavy (non-hydrogen) atoms. The average Bonchev–Trinajstić information content (AvgIpc) is 3.08. The van der Waals surface area contributed by atoms with Crippen molar-refractivity contribution in [3.05, 3.63) is 64.9 Å². The molecule has 0 amide bonds. The number of methoxy groups -OCH3 is 1. The predicted molar refractivity (Wildman–Crippen MR) is 82.0 cm³/mol. The quantitative estimate of drug-likeness (QED) is 0.530. The summed E-state index contributed by atoms with van der Waals surface area (Å²) in [6, 6.07) is 9.91. The maximum Gasteiger partial charge on any atom is 0.270 e. The molecule has 0 fully saturated rings. The van der Waals surface area contributed by atoms with Crippen LogP contribution < -0.4 is 4.74 Å². The summed E-state index contributed by atoms with van der Waals surface area (Å²) in [6.45, 7) is 0.450. The summed E-state index contributed by atoms with van der Waals surface area (Å²) < 4.78 is 6.97. The van der Waals surface area contributed by atoms with E-state index in [2.05, 4.69) is 15.1 Å². The maximum atomic E-state index is 11.0. The van der Waals surface area contributed by atoms with Crippen LogP contribution in [-0.4, -0.2) is 31.8 Å². The molecule has 2 heterocycles. The van der Waals surface area contributed by atoms with E-state index >= 15 is 0 Å². The summed E-state index contributed by atoms with van der Waals surface area (Å²) in [4.78, 5) is 19.0. The minimum atomic E-state index is -0.435. The summed E-state index contributed by atoms with van der Waals surface area (Å²) in [5, 5.41) is 15.0. The minimum Gasteiger partial charge on any atom is -0.494 e. The molecule has 1 aromatic carbocycles. The molecule has 0 bridgehead atoms. The Bertz CT molecular complexity index is 833. The lowest BCUT2D eigenvalue weighted by atomic mass is 10.1. The van der Waals surface area contributed by atoms with E-state index in [0.29, 0.717) is 23.6 Å². The second-order valence-electron chi connectivity index (χ2n) is 4.75. The van der Waals surface area contributed by atoms with Crippen molar-refractivity contribution in [2.45, 2.75) is 6.54 Å². The molecular formula is C15H13N5O3. The maximum absolute atomic E-state index is 11.0. The molecule has 0 unspecified atom stereocenters. The molecule has 0 atom stereocenters. The van der Waals surface area contributed by atoms with Crippen LogP contribution in [0.4, 0.5) is 5.69 Å². The van der Waals surface area contributed by atoms with Gasteiger partial charge in [-0.3, -0.25) is 10.1 Å². The van der Waals surface area contributed by atoms with E-state index in [0.717, 1.165) is 5.69 Å². The molecule has 0 aliphatic heterocycles. The van der Waals surface area contributed by atoms with Crippen LogP contribution in [0.5, 0.6) is 5.75 Å². The van der Waals surface area contributed by atoms with E-state index in [1.807, 2.05) is 6.07 Å². The van der Waals surface area contributed by atoms with Crippen molar-refractivity contribution >= 4 is 5.69 Å². The number of nitro groups is 1. The summed E-state index contributed by atoms with van der Waals surface area (Å²) in [5.41, 5.74) is 1.93. The van der Waals surface area contributed by atoms with Crippen molar-refractivity contribution < 1.29 is 9.66 Å². The van der Waals surface area contributed by atoms with Crippen LogP contribution in [-0.2, 0) is 6.54 Å². The van der Waals surface area contributed by atoms with E-state index in [1.165, 1.54) is 25.6 Å². The Morgan fingerprint density at radius 1 is 1.30 bits per heavy atom. The first-order chi connectivity index (χ1) is 11.2. The van der Waals surface area contributed by atoms with Crippen LogP contribution in [0, 0.1) is 10.1 Å². The van der Waals surface area contributed by atoms with Gasteiger partial charge in [-0.1, -0.05) is 12.1 Å². The molecule has 0 spiro atoms. The number of hydrogen-bond acceptors (Lipinski definition) is 6. The Balaban J connectivity index is 2.02. The van der Waals surface area contributed by atoms with Crippen LogP contribution in [0.3, 0.4) is 0 Å². The zero-order valence-electron chi connectivity index (χ0n) is 12.3. The van der Waals surface area contributed by atoms with Gasteiger partial charge in [0.1, 0.15) is 24.1 Å². The molecule has 3 rings (SSSR count). The third kappa shape index (κ3) is 3.15. The number of benzene rings is 1. The van der Waals surface area contributed by atoms with Crippen LogP contribution in [0.25, 0.3) is 11.3 Å². The number of nitrogens with zero attached hydrogens (tertiary/aromatic N) is 5. The smallest absolute Gasteiger partial charge is 0.270 e. The topological polar surface area (TPSA) is 96.0 Å². The van der Waals surface area contributed by atoms with Crippen LogP contribution in [0.1, 0.15) is 5.69 Å². The summed E-state index contributed by atoms with van der Waals surface area (Å²) in [5.74, 6) is 0.549. The molecular weight excluding hydrogens is 298 g/mol. The molecule has 0 saturated heterocycles. The van der Waals surface area contributed by atoms with Gasteiger partial charge in [-0.05, 0) is 12.1 Å². The first-order valence-electron chi connectivity index (χ1n) is 6.78. The van der Waals surface area contributed by atoms with E-state index in [9.17, 15) is 10.1 Å². The standard InChI is InChI=1S/C15H13N5O3/c1-23-14-6-5-12(8-19-10-16-9-17-19)18-15(14)11-3-2-4-13(7-11)20(21)22/h2-7,9-10H,8H2,1H3. The monoisotopic (exact) mass is 311 g/mol. The number of pyridine rings is 1. The van der Waals surface area contributed by atoms with Crippen LogP contribution >= 0.6 is 0 Å². The number of rotatable bonds is 5. The first-order valence-corrected chi connectivity index (χ1v) is 6.78. The van der Waals surface area contributed by atoms with Gasteiger partial charge in [0.25, 0.3) is 5.69 Å². The number of hydrogen-bond donors (Lipinski definition) is 0. The van der Waals surface area contributed by atoms with E-state index in [4.69, 9.17) is 4.74 Å². The molecule has 2 aromatic heterocycles. The molecule has 0 aliphatic carbocycles. The molecule has 8 heteroatoms. The van der Waals surface area contributed by atoms with Gasteiger partial charge in [0.05, 0.1) is 24.3 Å². The first kappa shape index (κ1) is 14.6. The van der Waals surface area contributed by atoms with Crippen molar-refractivity contribution in [2.24, 2.45) is 0 Å². The fourth-order valence-electron chi connectivity index (χ4n) is 2.19. The van der Waals surface area contributed by atoms with Crippen LogP contribution in [0.15, 0.2) is 49.1 Å². The second kappa shape index (κ2) is 6.22. The normalized spacial score (nSPS) is 10.5. The van der Waals surface area contributed by atoms with Gasteiger partial charge in [0.15, 0.2) is 0 Å². The number of non-ortho nitro benzene ring substituents is 1. The lowest BCUT2D eigenvalue weighted by molar-refractivity contribution is -0.384. The highest BCUT2D eigenvalue weighted by atomic mass is 16.6. The highest BCUT2D eigenvalue weighted by Gasteiger charge is 2.13. The molecule has 116 valence electrons. The lowest BCUT2D eigenvalue weighted by Crippen LogP contribution is -2.04. The number of nitro benzene ring substituents is 1. The average molecular weight is 311 g/mol. The summed E-state index contributed by atoms with van der Waals surface area (Å²) in [6.07, 6.45) is 3.05. The molecule has 3 aromatic rings. The predicted octanol–water partition coefficient (Wildman–Crippen LogP) is 2.31. The number of aromatic nitrogens is 4.